The first kappa shape index (κ1) is 26.6. The number of nitrogens with zero attached hydrogens (tertiary/aromatic N) is 2. The fraction of sp³-hybridized carbons (Fsp3) is 0.667. The van der Waals surface area contributed by atoms with Gasteiger partial charge < -0.3 is 10.4 Å². The number of alkyl halides is 2. The third-order valence-electron chi connectivity index (χ3n) is 6.42. The summed E-state index contributed by atoms with van der Waals surface area (Å²) in [5.41, 5.74) is -0.470. The molecule has 1 aliphatic carbocycles. The summed E-state index contributed by atoms with van der Waals surface area (Å²) in [6, 6.07) is 4.52. The SMILES string of the molecule is CC(O)CS(=O)(=O)N1CCN(C2(CNC(=O)c3ccc(Cl)cc3Cl)CCC(F)(F)CC2)CC1. The maximum atomic E-state index is 14.0. The van der Waals surface area contributed by atoms with E-state index in [4.69, 9.17) is 23.2 Å². The lowest BCUT2D eigenvalue weighted by molar-refractivity contribution is -0.0856. The van der Waals surface area contributed by atoms with Crippen molar-refractivity contribution in [3.05, 3.63) is 33.8 Å². The number of halogens is 4. The Bertz CT molecular complexity index is 960. The molecule has 2 fully saturated rings. The number of carbonyl (C=O) groups excluding carboxylic acids is 1. The topological polar surface area (TPSA) is 89.9 Å². The Labute approximate surface area is 203 Å². The molecule has 186 valence electrons. The summed E-state index contributed by atoms with van der Waals surface area (Å²) in [5.74, 6) is -3.54. The second-order valence-electron chi connectivity index (χ2n) is 8.90. The van der Waals surface area contributed by atoms with E-state index in [1.165, 1.54) is 23.4 Å². The van der Waals surface area contributed by atoms with Gasteiger partial charge in [-0.15, -0.1) is 0 Å². The van der Waals surface area contributed by atoms with E-state index >= 15 is 0 Å². The minimum atomic E-state index is -3.60. The zero-order valence-electron chi connectivity index (χ0n) is 18.4. The monoisotopic (exact) mass is 527 g/mol. The average molecular weight is 528 g/mol. The fourth-order valence-corrected chi connectivity index (χ4v) is 6.58. The molecule has 12 heteroatoms. The molecule has 0 spiro atoms. The third kappa shape index (κ3) is 6.55. The van der Waals surface area contributed by atoms with Gasteiger partial charge in [-0.3, -0.25) is 9.69 Å². The molecule has 2 aliphatic rings. The van der Waals surface area contributed by atoms with Crippen LogP contribution in [0.4, 0.5) is 8.78 Å². The van der Waals surface area contributed by atoms with Crippen LogP contribution in [0, 0.1) is 0 Å². The molecule has 2 N–H and O–H groups in total. The van der Waals surface area contributed by atoms with Crippen molar-refractivity contribution in [3.63, 3.8) is 0 Å². The number of aliphatic hydroxyl groups is 1. The van der Waals surface area contributed by atoms with Crippen LogP contribution in [-0.4, -0.2) is 84.7 Å². The first-order valence-corrected chi connectivity index (χ1v) is 13.2. The lowest BCUT2D eigenvalue weighted by Crippen LogP contribution is -2.63. The summed E-state index contributed by atoms with van der Waals surface area (Å²) in [6.07, 6.45) is -1.23. The van der Waals surface area contributed by atoms with Crippen LogP contribution >= 0.6 is 23.2 Å². The number of amides is 1. The first-order valence-electron chi connectivity index (χ1n) is 10.9. The Balaban J connectivity index is 1.72. The van der Waals surface area contributed by atoms with E-state index in [2.05, 4.69) is 5.32 Å². The van der Waals surface area contributed by atoms with Crippen LogP contribution < -0.4 is 5.32 Å². The van der Waals surface area contributed by atoms with E-state index in [0.717, 1.165) is 0 Å². The van der Waals surface area contributed by atoms with E-state index < -0.39 is 33.5 Å². The predicted molar refractivity (Wildman–Crippen MR) is 124 cm³/mol. The van der Waals surface area contributed by atoms with Crippen molar-refractivity contribution in [2.75, 3.05) is 38.5 Å². The molecule has 0 aromatic heterocycles. The van der Waals surface area contributed by atoms with Gasteiger partial charge in [0.15, 0.2) is 0 Å². The summed E-state index contributed by atoms with van der Waals surface area (Å²) in [7, 11) is -3.60. The zero-order chi connectivity index (χ0) is 24.4. The van der Waals surface area contributed by atoms with Crippen LogP contribution in [-0.2, 0) is 10.0 Å². The van der Waals surface area contributed by atoms with Gasteiger partial charge in [0.2, 0.25) is 15.9 Å². The number of aliphatic hydroxyl groups excluding tert-OH is 1. The molecule has 1 amide bonds. The normalized spacial score (nSPS) is 22.6. The molecular weight excluding hydrogens is 499 g/mol. The molecule has 1 aliphatic heterocycles. The van der Waals surface area contributed by atoms with Crippen LogP contribution in [0.5, 0.6) is 0 Å². The Morgan fingerprint density at radius 3 is 2.30 bits per heavy atom. The lowest BCUT2D eigenvalue weighted by Gasteiger charge is -2.50. The van der Waals surface area contributed by atoms with Crippen molar-refractivity contribution >= 4 is 39.1 Å². The van der Waals surface area contributed by atoms with E-state index in [0.29, 0.717) is 18.1 Å². The van der Waals surface area contributed by atoms with E-state index in [1.54, 1.807) is 6.07 Å². The summed E-state index contributed by atoms with van der Waals surface area (Å²) in [5, 5.41) is 12.9. The molecule has 33 heavy (non-hydrogen) atoms. The molecule has 7 nitrogen and oxygen atoms in total. The second kappa shape index (κ2) is 10.3. The van der Waals surface area contributed by atoms with Crippen LogP contribution in [0.2, 0.25) is 10.0 Å². The first-order chi connectivity index (χ1) is 15.3. The van der Waals surface area contributed by atoms with Gasteiger partial charge in [-0.2, -0.15) is 4.31 Å². The van der Waals surface area contributed by atoms with Gasteiger partial charge in [-0.25, -0.2) is 17.2 Å². The lowest BCUT2D eigenvalue weighted by atomic mass is 9.78. The average Bonchev–Trinajstić information content (AvgIpc) is 2.72. The highest BCUT2D eigenvalue weighted by Crippen LogP contribution is 2.42. The van der Waals surface area contributed by atoms with Crippen molar-refractivity contribution < 1.29 is 27.1 Å². The number of piperazine rings is 1. The molecule has 1 heterocycles. The van der Waals surface area contributed by atoms with E-state index in [9.17, 15) is 27.1 Å². The molecule has 1 aromatic carbocycles. The van der Waals surface area contributed by atoms with Crippen LogP contribution in [0.15, 0.2) is 18.2 Å². The molecule has 1 saturated carbocycles. The van der Waals surface area contributed by atoms with Crippen molar-refractivity contribution in [2.45, 2.75) is 50.2 Å². The second-order valence-corrected chi connectivity index (χ2v) is 11.8. The number of rotatable bonds is 7. The molecular formula is C21H29Cl2F2N3O4S. The van der Waals surface area contributed by atoms with Crippen molar-refractivity contribution in [1.29, 1.82) is 0 Å². The minimum Gasteiger partial charge on any atom is -0.392 e. The Kier molecular flexibility index (Phi) is 8.29. The van der Waals surface area contributed by atoms with Crippen molar-refractivity contribution in [1.82, 2.24) is 14.5 Å². The van der Waals surface area contributed by atoms with Gasteiger partial charge in [-0.1, -0.05) is 23.2 Å². The smallest absolute Gasteiger partial charge is 0.252 e. The molecule has 3 rings (SSSR count). The summed E-state index contributed by atoms with van der Waals surface area (Å²) in [6.45, 7) is 2.65. The number of carbonyl (C=O) groups is 1. The van der Waals surface area contributed by atoms with Crippen molar-refractivity contribution in [3.8, 4) is 0 Å². The quantitative estimate of drug-likeness (QED) is 0.568. The minimum absolute atomic E-state index is 0.140. The number of nitrogens with one attached hydrogen (secondary N) is 1. The highest BCUT2D eigenvalue weighted by atomic mass is 35.5. The number of hydrogen-bond acceptors (Lipinski definition) is 5. The van der Waals surface area contributed by atoms with Gasteiger partial charge in [0.1, 0.15) is 0 Å². The zero-order valence-corrected chi connectivity index (χ0v) is 20.7. The van der Waals surface area contributed by atoms with E-state index in [-0.39, 0.29) is 61.7 Å². The maximum absolute atomic E-state index is 14.0. The Hall–Kier alpha value is -1.04. The molecule has 1 unspecified atom stereocenters. The summed E-state index contributed by atoms with van der Waals surface area (Å²) < 4.78 is 54.1. The van der Waals surface area contributed by atoms with Gasteiger partial charge >= 0.3 is 0 Å². The van der Waals surface area contributed by atoms with Crippen LogP contribution in [0.25, 0.3) is 0 Å². The summed E-state index contributed by atoms with van der Waals surface area (Å²) in [4.78, 5) is 14.8. The number of sulfonamides is 1. The highest BCUT2D eigenvalue weighted by molar-refractivity contribution is 7.89. The molecule has 0 bridgehead atoms. The number of hydrogen-bond donors (Lipinski definition) is 2. The Morgan fingerprint density at radius 1 is 1.15 bits per heavy atom. The molecule has 1 atom stereocenters. The fourth-order valence-electron chi connectivity index (χ4n) is 4.55. The van der Waals surface area contributed by atoms with Crippen molar-refractivity contribution in [2.24, 2.45) is 0 Å². The largest absolute Gasteiger partial charge is 0.392 e. The van der Waals surface area contributed by atoms with Gasteiger partial charge in [-0.05, 0) is 38.0 Å². The van der Waals surface area contributed by atoms with Crippen LogP contribution in [0.3, 0.4) is 0 Å². The number of benzene rings is 1. The maximum Gasteiger partial charge on any atom is 0.252 e. The molecule has 1 aromatic rings. The molecule has 0 radical (unpaired) electrons. The standard InChI is InChI=1S/C21H29Cl2F2N3O4S/c1-15(29)13-33(31,32)28-10-8-27(9-11-28)20(4-6-21(24,25)7-5-20)14-26-19(30)17-3-2-16(22)12-18(17)23/h2-3,12,15,29H,4-11,13-14H2,1H3,(H,26,30). The van der Waals surface area contributed by atoms with Gasteiger partial charge in [0.25, 0.3) is 5.91 Å². The van der Waals surface area contributed by atoms with Gasteiger partial charge in [0, 0.05) is 56.1 Å². The van der Waals surface area contributed by atoms with E-state index in [1.807, 2.05) is 4.90 Å². The van der Waals surface area contributed by atoms with Crippen LogP contribution in [0.1, 0.15) is 43.0 Å². The third-order valence-corrected chi connectivity index (χ3v) is 9.02. The van der Waals surface area contributed by atoms with Gasteiger partial charge in [0.05, 0.1) is 22.4 Å². The molecule has 1 saturated heterocycles. The predicted octanol–water partition coefficient (Wildman–Crippen LogP) is 3.00. The summed E-state index contributed by atoms with van der Waals surface area (Å²) >= 11 is 12.0. The highest BCUT2D eigenvalue weighted by Gasteiger charge is 2.47. The Morgan fingerprint density at radius 2 is 1.76 bits per heavy atom.